The summed E-state index contributed by atoms with van der Waals surface area (Å²) in [7, 11) is 0. The zero-order chi connectivity index (χ0) is 13.2. The van der Waals surface area contributed by atoms with Gasteiger partial charge in [0.05, 0.1) is 0 Å². The first-order chi connectivity index (χ1) is 8.75. The van der Waals surface area contributed by atoms with E-state index in [2.05, 4.69) is 24.1 Å². The van der Waals surface area contributed by atoms with Gasteiger partial charge in [-0.2, -0.15) is 0 Å². The Morgan fingerprint density at radius 2 is 2.11 bits per heavy atom. The van der Waals surface area contributed by atoms with Crippen molar-refractivity contribution in [3.8, 4) is 0 Å². The highest BCUT2D eigenvalue weighted by Gasteiger charge is 2.22. The van der Waals surface area contributed by atoms with Crippen molar-refractivity contribution in [1.82, 2.24) is 4.90 Å². The SMILES string of the molecule is CCCCCCC/C=C/CC1N=CCN1C(C)O. The van der Waals surface area contributed by atoms with E-state index in [1.54, 1.807) is 6.92 Å². The van der Waals surface area contributed by atoms with E-state index in [4.69, 9.17) is 0 Å². The minimum Gasteiger partial charge on any atom is -0.379 e. The molecule has 0 aromatic heterocycles. The van der Waals surface area contributed by atoms with Crippen LogP contribution in [0.2, 0.25) is 0 Å². The van der Waals surface area contributed by atoms with Crippen LogP contribution in [-0.4, -0.2) is 35.2 Å². The van der Waals surface area contributed by atoms with Crippen molar-refractivity contribution in [2.45, 2.75) is 71.2 Å². The van der Waals surface area contributed by atoms with Crippen LogP contribution in [0.3, 0.4) is 0 Å². The Kier molecular flexibility index (Phi) is 7.94. The van der Waals surface area contributed by atoms with Crippen LogP contribution in [0.1, 0.15) is 58.8 Å². The van der Waals surface area contributed by atoms with Gasteiger partial charge in [0.2, 0.25) is 0 Å². The number of aliphatic imine (C=N–C) groups is 1. The number of rotatable bonds is 9. The second-order valence-corrected chi connectivity index (χ2v) is 5.05. The third kappa shape index (κ3) is 5.78. The molecule has 0 aromatic carbocycles. The summed E-state index contributed by atoms with van der Waals surface area (Å²) in [6, 6.07) is 0. The van der Waals surface area contributed by atoms with Crippen LogP contribution in [0.4, 0.5) is 0 Å². The van der Waals surface area contributed by atoms with Crippen LogP contribution in [-0.2, 0) is 0 Å². The maximum Gasteiger partial charge on any atom is 0.107 e. The van der Waals surface area contributed by atoms with Crippen LogP contribution in [0, 0.1) is 0 Å². The molecule has 3 nitrogen and oxygen atoms in total. The van der Waals surface area contributed by atoms with Crippen LogP contribution in [0.25, 0.3) is 0 Å². The molecule has 1 heterocycles. The van der Waals surface area contributed by atoms with Gasteiger partial charge < -0.3 is 5.11 Å². The Hall–Kier alpha value is -0.670. The van der Waals surface area contributed by atoms with E-state index < -0.39 is 6.23 Å². The van der Waals surface area contributed by atoms with Crippen LogP contribution >= 0.6 is 0 Å². The van der Waals surface area contributed by atoms with Crippen molar-refractivity contribution in [3.63, 3.8) is 0 Å². The lowest BCUT2D eigenvalue weighted by Gasteiger charge is -2.24. The number of hydrogen-bond donors (Lipinski definition) is 1. The number of aliphatic hydroxyl groups is 1. The minimum atomic E-state index is -0.403. The average Bonchev–Trinajstić information content (AvgIpc) is 2.81. The summed E-state index contributed by atoms with van der Waals surface area (Å²) in [5.74, 6) is 0. The van der Waals surface area contributed by atoms with E-state index in [0.717, 1.165) is 13.0 Å². The Balaban J connectivity index is 2.07. The van der Waals surface area contributed by atoms with Gasteiger partial charge in [-0.05, 0) is 19.8 Å². The normalized spacial score (nSPS) is 22.1. The number of allylic oxidation sites excluding steroid dienone is 1. The number of hydrogen-bond acceptors (Lipinski definition) is 3. The van der Waals surface area contributed by atoms with Gasteiger partial charge in [0.15, 0.2) is 0 Å². The largest absolute Gasteiger partial charge is 0.379 e. The fourth-order valence-electron chi connectivity index (χ4n) is 2.27. The Labute approximate surface area is 112 Å². The maximum atomic E-state index is 9.57. The molecule has 1 aliphatic heterocycles. The lowest BCUT2D eigenvalue weighted by atomic mass is 10.1. The van der Waals surface area contributed by atoms with Crippen LogP contribution in [0.5, 0.6) is 0 Å². The highest BCUT2D eigenvalue weighted by atomic mass is 16.3. The molecule has 1 aliphatic rings. The lowest BCUT2D eigenvalue weighted by molar-refractivity contribution is 0.0106. The standard InChI is InChI=1S/C15H28N2O/c1-3-4-5-6-7-8-9-10-11-15-16-12-13-17(15)14(2)18/h9-10,12,14-15,18H,3-8,11,13H2,1-2H3/b10-9+. The van der Waals surface area contributed by atoms with Crippen molar-refractivity contribution in [1.29, 1.82) is 0 Å². The second kappa shape index (κ2) is 9.29. The average molecular weight is 252 g/mol. The summed E-state index contributed by atoms with van der Waals surface area (Å²) in [5, 5.41) is 9.57. The van der Waals surface area contributed by atoms with Crippen molar-refractivity contribution < 1.29 is 5.11 Å². The summed E-state index contributed by atoms with van der Waals surface area (Å²) in [5.41, 5.74) is 0. The first-order valence-electron chi connectivity index (χ1n) is 7.36. The number of nitrogens with zero attached hydrogens (tertiary/aromatic N) is 2. The molecule has 2 atom stereocenters. The van der Waals surface area contributed by atoms with E-state index in [9.17, 15) is 5.11 Å². The lowest BCUT2D eigenvalue weighted by Crippen LogP contribution is -2.37. The van der Waals surface area contributed by atoms with Crippen LogP contribution in [0.15, 0.2) is 17.1 Å². The minimum absolute atomic E-state index is 0.140. The molecule has 1 N–H and O–H groups in total. The van der Waals surface area contributed by atoms with Crippen LogP contribution < -0.4 is 0 Å². The molecule has 0 aliphatic carbocycles. The molecule has 104 valence electrons. The fourth-order valence-corrected chi connectivity index (χ4v) is 2.27. The molecule has 0 spiro atoms. The van der Waals surface area contributed by atoms with Gasteiger partial charge in [-0.1, -0.05) is 44.8 Å². The van der Waals surface area contributed by atoms with Gasteiger partial charge in [0.1, 0.15) is 12.4 Å². The molecule has 0 saturated carbocycles. The predicted molar refractivity (Wildman–Crippen MR) is 77.8 cm³/mol. The zero-order valence-corrected chi connectivity index (χ0v) is 11.9. The molecule has 2 unspecified atom stereocenters. The van der Waals surface area contributed by atoms with Crippen molar-refractivity contribution in [2.75, 3.05) is 6.54 Å². The molecule has 1 rings (SSSR count). The fraction of sp³-hybridized carbons (Fsp3) is 0.800. The van der Waals surface area contributed by atoms with E-state index in [0.29, 0.717) is 0 Å². The molecule has 0 fully saturated rings. The second-order valence-electron chi connectivity index (χ2n) is 5.05. The first-order valence-corrected chi connectivity index (χ1v) is 7.36. The summed E-state index contributed by atoms with van der Waals surface area (Å²) >= 11 is 0. The Morgan fingerprint density at radius 3 is 2.83 bits per heavy atom. The van der Waals surface area contributed by atoms with E-state index in [-0.39, 0.29) is 6.17 Å². The highest BCUT2D eigenvalue weighted by Crippen LogP contribution is 2.14. The van der Waals surface area contributed by atoms with Crippen molar-refractivity contribution in [2.24, 2.45) is 4.99 Å². The summed E-state index contributed by atoms with van der Waals surface area (Å²) in [6.45, 7) is 4.82. The van der Waals surface area contributed by atoms with Gasteiger partial charge in [-0.15, -0.1) is 0 Å². The van der Waals surface area contributed by atoms with Gasteiger partial charge >= 0.3 is 0 Å². The van der Waals surface area contributed by atoms with E-state index >= 15 is 0 Å². The molecule has 0 saturated heterocycles. The molecule has 0 radical (unpaired) electrons. The Bertz CT molecular complexity index is 261. The van der Waals surface area contributed by atoms with Crippen molar-refractivity contribution in [3.05, 3.63) is 12.2 Å². The molecule has 18 heavy (non-hydrogen) atoms. The highest BCUT2D eigenvalue weighted by molar-refractivity contribution is 5.62. The molecule has 0 aromatic rings. The van der Waals surface area contributed by atoms with Gasteiger partial charge in [-0.25, -0.2) is 0 Å². The maximum absolute atomic E-state index is 9.57. The van der Waals surface area contributed by atoms with Gasteiger partial charge in [0, 0.05) is 19.2 Å². The molecule has 0 amide bonds. The first kappa shape index (κ1) is 15.4. The molecule has 0 bridgehead atoms. The summed E-state index contributed by atoms with van der Waals surface area (Å²) in [4.78, 5) is 6.39. The predicted octanol–water partition coefficient (Wildman–Crippen LogP) is 3.34. The quantitative estimate of drug-likeness (QED) is 0.504. The third-order valence-corrected chi connectivity index (χ3v) is 3.42. The smallest absolute Gasteiger partial charge is 0.107 e. The molecule has 3 heteroatoms. The van der Waals surface area contributed by atoms with E-state index in [1.165, 1.54) is 38.5 Å². The molecular weight excluding hydrogens is 224 g/mol. The third-order valence-electron chi connectivity index (χ3n) is 3.42. The topological polar surface area (TPSA) is 35.8 Å². The zero-order valence-electron chi connectivity index (χ0n) is 11.9. The van der Waals surface area contributed by atoms with E-state index in [1.807, 2.05) is 11.1 Å². The van der Waals surface area contributed by atoms with Gasteiger partial charge in [0.25, 0.3) is 0 Å². The number of unbranched alkanes of at least 4 members (excludes halogenated alkanes) is 5. The van der Waals surface area contributed by atoms with Gasteiger partial charge in [-0.3, -0.25) is 9.89 Å². The summed E-state index contributed by atoms with van der Waals surface area (Å²) < 4.78 is 0. The monoisotopic (exact) mass is 252 g/mol. The Morgan fingerprint density at radius 1 is 1.33 bits per heavy atom. The molecular formula is C15H28N2O. The number of aliphatic hydroxyl groups excluding tert-OH is 1. The van der Waals surface area contributed by atoms with Crippen molar-refractivity contribution >= 4 is 6.21 Å². The summed E-state index contributed by atoms with van der Waals surface area (Å²) in [6.07, 6.45) is 14.9.